The van der Waals surface area contributed by atoms with E-state index in [1.54, 1.807) is 0 Å². The van der Waals surface area contributed by atoms with Gasteiger partial charge in [0.15, 0.2) is 0 Å². The summed E-state index contributed by atoms with van der Waals surface area (Å²) in [6, 6.07) is 0. The van der Waals surface area contributed by atoms with E-state index in [0.717, 1.165) is 25.7 Å². The van der Waals surface area contributed by atoms with Crippen LogP contribution in [0.4, 0.5) is 0 Å². The average molecular weight is 215 g/mol. The van der Waals surface area contributed by atoms with Crippen LogP contribution < -0.4 is 5.32 Å². The highest BCUT2D eigenvalue weighted by Gasteiger charge is 2.32. The van der Waals surface area contributed by atoms with Gasteiger partial charge in [0, 0.05) is 13.1 Å². The van der Waals surface area contributed by atoms with E-state index in [-0.39, 0.29) is 6.10 Å². The van der Waals surface area contributed by atoms with E-state index in [2.05, 4.69) is 12.2 Å². The van der Waals surface area contributed by atoms with Crippen LogP contribution >= 0.6 is 0 Å². The van der Waals surface area contributed by atoms with Gasteiger partial charge in [-0.1, -0.05) is 26.7 Å². The predicted octanol–water partition coefficient (Wildman–Crippen LogP) is 1.29. The fourth-order valence-electron chi connectivity index (χ4n) is 2.41. The molecule has 3 N–H and O–H groups in total. The lowest BCUT2D eigenvalue weighted by atomic mass is 9.79. The van der Waals surface area contributed by atoms with Gasteiger partial charge in [-0.05, 0) is 25.2 Å². The third-order valence-corrected chi connectivity index (χ3v) is 3.37. The molecule has 3 heteroatoms. The first kappa shape index (κ1) is 12.9. The molecule has 0 aromatic heterocycles. The third-order valence-electron chi connectivity index (χ3n) is 3.37. The molecule has 90 valence electrons. The Morgan fingerprint density at radius 2 is 2.27 bits per heavy atom. The van der Waals surface area contributed by atoms with E-state index in [4.69, 9.17) is 0 Å². The number of hydrogen-bond donors (Lipinski definition) is 3. The molecule has 0 heterocycles. The van der Waals surface area contributed by atoms with Gasteiger partial charge in [-0.3, -0.25) is 0 Å². The summed E-state index contributed by atoms with van der Waals surface area (Å²) in [5.41, 5.74) is -0.537. The summed E-state index contributed by atoms with van der Waals surface area (Å²) in [6.07, 6.45) is 4.63. The summed E-state index contributed by atoms with van der Waals surface area (Å²) in [6.45, 7) is 5.37. The van der Waals surface area contributed by atoms with Crippen LogP contribution in [0, 0.1) is 5.92 Å². The van der Waals surface area contributed by atoms with Crippen molar-refractivity contribution in [3.05, 3.63) is 0 Å². The molecule has 3 nitrogen and oxygen atoms in total. The van der Waals surface area contributed by atoms with E-state index in [9.17, 15) is 10.2 Å². The molecule has 0 aromatic rings. The second-order valence-corrected chi connectivity index (χ2v) is 5.12. The average Bonchev–Trinajstić information content (AvgIpc) is 2.16. The highest BCUT2D eigenvalue weighted by molar-refractivity contribution is 4.87. The van der Waals surface area contributed by atoms with Crippen molar-refractivity contribution in [2.75, 3.05) is 13.1 Å². The molecule has 0 spiro atoms. The Bertz CT molecular complexity index is 186. The molecule has 0 aliphatic heterocycles. The number of hydrogen-bond acceptors (Lipinski definition) is 3. The van der Waals surface area contributed by atoms with Crippen LogP contribution in [0.2, 0.25) is 0 Å². The Morgan fingerprint density at radius 1 is 1.53 bits per heavy atom. The maximum absolute atomic E-state index is 10.3. The lowest BCUT2D eigenvalue weighted by molar-refractivity contribution is -0.0135. The first-order chi connectivity index (χ1) is 7.06. The maximum Gasteiger partial charge on any atom is 0.0774 e. The van der Waals surface area contributed by atoms with Crippen molar-refractivity contribution in [2.45, 2.75) is 57.7 Å². The zero-order chi connectivity index (χ0) is 11.3. The Hall–Kier alpha value is -0.120. The molecule has 3 atom stereocenters. The van der Waals surface area contributed by atoms with Gasteiger partial charge in [0.1, 0.15) is 0 Å². The molecule has 0 bridgehead atoms. The molecule has 1 fully saturated rings. The van der Waals surface area contributed by atoms with E-state index in [1.165, 1.54) is 6.42 Å². The second-order valence-electron chi connectivity index (χ2n) is 5.12. The SMILES string of the molecule is CCC(O)CNCC1(O)CCCC(C)C1. The standard InChI is InChI=1S/C12H25NO2/c1-3-11(14)8-13-9-12(15)6-4-5-10(2)7-12/h10-11,13-15H,3-9H2,1-2H3. The van der Waals surface area contributed by atoms with Crippen LogP contribution in [0.5, 0.6) is 0 Å². The van der Waals surface area contributed by atoms with Crippen molar-refractivity contribution >= 4 is 0 Å². The summed E-state index contributed by atoms with van der Waals surface area (Å²) in [5.74, 6) is 0.627. The minimum atomic E-state index is -0.537. The maximum atomic E-state index is 10.3. The molecular weight excluding hydrogens is 190 g/mol. The number of rotatable bonds is 5. The van der Waals surface area contributed by atoms with Crippen molar-refractivity contribution in [3.8, 4) is 0 Å². The normalized spacial score (nSPS) is 34.0. The van der Waals surface area contributed by atoms with Crippen LogP contribution in [0.25, 0.3) is 0 Å². The van der Waals surface area contributed by atoms with Crippen LogP contribution in [0.1, 0.15) is 46.0 Å². The molecule has 0 aromatic carbocycles. The van der Waals surface area contributed by atoms with Gasteiger partial charge in [-0.2, -0.15) is 0 Å². The van der Waals surface area contributed by atoms with E-state index in [0.29, 0.717) is 19.0 Å². The lowest BCUT2D eigenvalue weighted by Crippen LogP contribution is -2.45. The van der Waals surface area contributed by atoms with Crippen molar-refractivity contribution < 1.29 is 10.2 Å². The Morgan fingerprint density at radius 3 is 2.87 bits per heavy atom. The quantitative estimate of drug-likeness (QED) is 0.648. The highest BCUT2D eigenvalue weighted by Crippen LogP contribution is 2.31. The van der Waals surface area contributed by atoms with Crippen LogP contribution in [-0.2, 0) is 0 Å². The smallest absolute Gasteiger partial charge is 0.0774 e. The number of aliphatic hydroxyl groups excluding tert-OH is 1. The van der Waals surface area contributed by atoms with E-state index >= 15 is 0 Å². The summed E-state index contributed by atoms with van der Waals surface area (Å²) in [4.78, 5) is 0. The molecule has 1 aliphatic carbocycles. The van der Waals surface area contributed by atoms with E-state index < -0.39 is 5.60 Å². The van der Waals surface area contributed by atoms with Gasteiger partial charge in [-0.15, -0.1) is 0 Å². The predicted molar refractivity (Wildman–Crippen MR) is 61.7 cm³/mol. The minimum absolute atomic E-state index is 0.283. The van der Waals surface area contributed by atoms with E-state index in [1.807, 2.05) is 6.92 Å². The summed E-state index contributed by atoms with van der Waals surface area (Å²) >= 11 is 0. The topological polar surface area (TPSA) is 52.5 Å². The molecule has 1 aliphatic rings. The number of aliphatic hydroxyl groups is 2. The summed E-state index contributed by atoms with van der Waals surface area (Å²) in [5, 5.41) is 22.8. The minimum Gasteiger partial charge on any atom is -0.392 e. The van der Waals surface area contributed by atoms with Gasteiger partial charge in [0.2, 0.25) is 0 Å². The number of nitrogens with one attached hydrogen (secondary N) is 1. The zero-order valence-electron chi connectivity index (χ0n) is 10.00. The van der Waals surface area contributed by atoms with Gasteiger partial charge >= 0.3 is 0 Å². The van der Waals surface area contributed by atoms with Gasteiger partial charge < -0.3 is 15.5 Å². The molecular formula is C12H25NO2. The first-order valence-electron chi connectivity index (χ1n) is 6.17. The first-order valence-corrected chi connectivity index (χ1v) is 6.17. The molecule has 0 radical (unpaired) electrons. The molecule has 0 amide bonds. The summed E-state index contributed by atoms with van der Waals surface area (Å²) < 4.78 is 0. The monoisotopic (exact) mass is 215 g/mol. The highest BCUT2D eigenvalue weighted by atomic mass is 16.3. The zero-order valence-corrected chi connectivity index (χ0v) is 10.00. The largest absolute Gasteiger partial charge is 0.392 e. The third kappa shape index (κ3) is 4.49. The molecule has 3 unspecified atom stereocenters. The lowest BCUT2D eigenvalue weighted by Gasteiger charge is -2.36. The van der Waals surface area contributed by atoms with Crippen LogP contribution in [-0.4, -0.2) is 35.0 Å². The van der Waals surface area contributed by atoms with Crippen molar-refractivity contribution in [1.82, 2.24) is 5.32 Å². The second kappa shape index (κ2) is 5.83. The fraction of sp³-hybridized carbons (Fsp3) is 1.00. The van der Waals surface area contributed by atoms with Gasteiger partial charge in [-0.25, -0.2) is 0 Å². The van der Waals surface area contributed by atoms with Crippen molar-refractivity contribution in [2.24, 2.45) is 5.92 Å². The summed E-state index contributed by atoms with van der Waals surface area (Å²) in [7, 11) is 0. The fourth-order valence-corrected chi connectivity index (χ4v) is 2.41. The molecule has 1 saturated carbocycles. The van der Waals surface area contributed by atoms with Gasteiger partial charge in [0.05, 0.1) is 11.7 Å². The Kier molecular flexibility index (Phi) is 5.03. The van der Waals surface area contributed by atoms with Crippen LogP contribution in [0.15, 0.2) is 0 Å². The molecule has 15 heavy (non-hydrogen) atoms. The molecule has 1 rings (SSSR count). The Labute approximate surface area is 92.9 Å². The van der Waals surface area contributed by atoms with Crippen LogP contribution in [0.3, 0.4) is 0 Å². The molecule has 0 saturated heterocycles. The Balaban J connectivity index is 2.23. The van der Waals surface area contributed by atoms with Crippen molar-refractivity contribution in [1.29, 1.82) is 0 Å². The van der Waals surface area contributed by atoms with Gasteiger partial charge in [0.25, 0.3) is 0 Å². The van der Waals surface area contributed by atoms with Crippen molar-refractivity contribution in [3.63, 3.8) is 0 Å².